The lowest BCUT2D eigenvalue weighted by Crippen LogP contribution is -2.04. The van der Waals surface area contributed by atoms with E-state index < -0.39 is 5.97 Å². The monoisotopic (exact) mass is 219 g/mol. The van der Waals surface area contributed by atoms with Gasteiger partial charge < -0.3 is 10.4 Å². The molecule has 0 spiro atoms. The molecule has 2 N–H and O–H groups in total. The molecule has 0 aliphatic carbocycles. The van der Waals surface area contributed by atoms with Crippen molar-refractivity contribution in [1.29, 1.82) is 0 Å². The largest absolute Gasteiger partial charge is 0.478 e. The molecule has 0 aromatic heterocycles. The van der Waals surface area contributed by atoms with E-state index in [1.807, 2.05) is 12.1 Å². The van der Waals surface area contributed by atoms with Crippen molar-refractivity contribution in [3.63, 3.8) is 0 Å². The summed E-state index contributed by atoms with van der Waals surface area (Å²) in [5.41, 5.74) is 3.09. The first-order valence-corrected chi connectivity index (χ1v) is 5.34. The molecular formula is C13H17NO2. The molecule has 1 aromatic rings. The molecular weight excluding hydrogens is 202 g/mol. The lowest BCUT2D eigenvalue weighted by Gasteiger charge is -2.07. The highest BCUT2D eigenvalue weighted by molar-refractivity contribution is 5.80. The highest BCUT2D eigenvalue weighted by Gasteiger charge is 1.96. The maximum atomic E-state index is 10.4. The Morgan fingerprint density at radius 1 is 1.50 bits per heavy atom. The zero-order chi connectivity index (χ0) is 12.0. The van der Waals surface area contributed by atoms with Crippen LogP contribution in [0.3, 0.4) is 0 Å². The zero-order valence-electron chi connectivity index (χ0n) is 9.66. The summed E-state index contributed by atoms with van der Waals surface area (Å²) >= 11 is 0. The van der Waals surface area contributed by atoms with Crippen LogP contribution in [-0.2, 0) is 11.2 Å². The van der Waals surface area contributed by atoms with Gasteiger partial charge in [0.15, 0.2) is 0 Å². The van der Waals surface area contributed by atoms with Crippen molar-refractivity contribution in [2.45, 2.75) is 20.3 Å². The molecule has 1 aromatic carbocycles. The molecule has 3 heteroatoms. The van der Waals surface area contributed by atoms with Gasteiger partial charge >= 0.3 is 5.97 Å². The Hall–Kier alpha value is -1.77. The van der Waals surface area contributed by atoms with E-state index in [9.17, 15) is 4.79 Å². The van der Waals surface area contributed by atoms with E-state index in [0.717, 1.165) is 17.7 Å². The Labute approximate surface area is 95.8 Å². The molecule has 0 saturated heterocycles. The second kappa shape index (κ2) is 5.95. The molecule has 0 aliphatic heterocycles. The fourth-order valence-electron chi connectivity index (χ4n) is 1.40. The van der Waals surface area contributed by atoms with Gasteiger partial charge in [-0.2, -0.15) is 0 Å². The van der Waals surface area contributed by atoms with Crippen LogP contribution in [0.25, 0.3) is 0 Å². The van der Waals surface area contributed by atoms with Gasteiger partial charge in [0.25, 0.3) is 0 Å². The quantitative estimate of drug-likeness (QED) is 0.748. The first-order chi connectivity index (χ1) is 7.61. The summed E-state index contributed by atoms with van der Waals surface area (Å²) in [5.74, 6) is -0.901. The first kappa shape index (κ1) is 12.3. The van der Waals surface area contributed by atoms with Gasteiger partial charge in [-0.3, -0.25) is 0 Å². The number of aryl methyl sites for hydroxylation is 1. The van der Waals surface area contributed by atoms with E-state index in [-0.39, 0.29) is 0 Å². The van der Waals surface area contributed by atoms with Crippen LogP contribution >= 0.6 is 0 Å². The molecule has 16 heavy (non-hydrogen) atoms. The van der Waals surface area contributed by atoms with E-state index >= 15 is 0 Å². The van der Waals surface area contributed by atoms with Gasteiger partial charge in [-0.05, 0) is 36.6 Å². The fourth-order valence-corrected chi connectivity index (χ4v) is 1.40. The van der Waals surface area contributed by atoms with Gasteiger partial charge in [-0.1, -0.05) is 19.1 Å². The third-order valence-electron chi connectivity index (χ3n) is 2.28. The number of benzene rings is 1. The van der Waals surface area contributed by atoms with Crippen molar-refractivity contribution < 1.29 is 9.90 Å². The topological polar surface area (TPSA) is 49.3 Å². The Kier molecular flexibility index (Phi) is 4.58. The predicted molar refractivity (Wildman–Crippen MR) is 65.7 cm³/mol. The minimum Gasteiger partial charge on any atom is -0.478 e. The van der Waals surface area contributed by atoms with Gasteiger partial charge in [-0.25, -0.2) is 4.79 Å². The molecule has 0 amide bonds. The number of carboxylic acid groups (broad SMARTS) is 1. The molecule has 86 valence electrons. The highest BCUT2D eigenvalue weighted by atomic mass is 16.4. The van der Waals surface area contributed by atoms with Gasteiger partial charge in [0, 0.05) is 18.3 Å². The Balaban J connectivity index is 2.57. The van der Waals surface area contributed by atoms with Gasteiger partial charge in [0.05, 0.1) is 0 Å². The second-order valence-electron chi connectivity index (χ2n) is 3.74. The third kappa shape index (κ3) is 4.17. The van der Waals surface area contributed by atoms with Crippen LogP contribution in [0.5, 0.6) is 0 Å². The van der Waals surface area contributed by atoms with Crippen LogP contribution in [0.4, 0.5) is 5.69 Å². The SMILES string of the molecule is CCc1cccc(NC/C(C)=C/C(=O)O)c1. The number of carboxylic acids is 1. The van der Waals surface area contributed by atoms with E-state index in [4.69, 9.17) is 5.11 Å². The number of aliphatic carboxylic acids is 1. The molecule has 0 atom stereocenters. The average Bonchev–Trinajstić information content (AvgIpc) is 2.26. The van der Waals surface area contributed by atoms with Crippen LogP contribution in [0.2, 0.25) is 0 Å². The molecule has 0 fully saturated rings. The summed E-state index contributed by atoms with van der Waals surface area (Å²) in [5, 5.41) is 11.8. The molecule has 0 unspecified atom stereocenters. The van der Waals surface area contributed by atoms with E-state index in [0.29, 0.717) is 6.54 Å². The zero-order valence-corrected chi connectivity index (χ0v) is 9.66. The van der Waals surface area contributed by atoms with Gasteiger partial charge in [0.1, 0.15) is 0 Å². The standard InChI is InChI=1S/C13H17NO2/c1-3-11-5-4-6-12(8-11)14-9-10(2)7-13(15)16/h4-8,14H,3,9H2,1-2H3,(H,15,16)/b10-7+. The van der Waals surface area contributed by atoms with E-state index in [1.54, 1.807) is 6.92 Å². The molecule has 3 nitrogen and oxygen atoms in total. The van der Waals surface area contributed by atoms with Crippen LogP contribution in [0.1, 0.15) is 19.4 Å². The van der Waals surface area contributed by atoms with Crippen molar-refractivity contribution in [2.75, 3.05) is 11.9 Å². The van der Waals surface area contributed by atoms with Crippen molar-refractivity contribution in [3.8, 4) is 0 Å². The van der Waals surface area contributed by atoms with Crippen LogP contribution < -0.4 is 5.32 Å². The lowest BCUT2D eigenvalue weighted by atomic mass is 10.1. The van der Waals surface area contributed by atoms with Gasteiger partial charge in [-0.15, -0.1) is 0 Å². The molecule has 1 rings (SSSR count). The molecule has 0 bridgehead atoms. The summed E-state index contributed by atoms with van der Waals surface area (Å²) < 4.78 is 0. The minimum atomic E-state index is -0.901. The van der Waals surface area contributed by atoms with E-state index in [1.165, 1.54) is 11.6 Å². The maximum Gasteiger partial charge on any atom is 0.328 e. The van der Waals surface area contributed by atoms with Crippen LogP contribution in [0, 0.1) is 0 Å². The van der Waals surface area contributed by atoms with Crippen molar-refractivity contribution in [2.24, 2.45) is 0 Å². The Bertz CT molecular complexity index is 397. The molecule has 0 aliphatic rings. The normalized spacial score (nSPS) is 11.2. The predicted octanol–water partition coefficient (Wildman–Crippen LogP) is 2.69. The minimum absolute atomic E-state index is 0.555. The van der Waals surface area contributed by atoms with Crippen molar-refractivity contribution in [1.82, 2.24) is 0 Å². The lowest BCUT2D eigenvalue weighted by molar-refractivity contribution is -0.131. The Morgan fingerprint density at radius 2 is 2.25 bits per heavy atom. The Morgan fingerprint density at radius 3 is 2.88 bits per heavy atom. The van der Waals surface area contributed by atoms with Crippen LogP contribution in [0.15, 0.2) is 35.9 Å². The number of carbonyl (C=O) groups is 1. The van der Waals surface area contributed by atoms with Crippen molar-refractivity contribution >= 4 is 11.7 Å². The smallest absolute Gasteiger partial charge is 0.328 e. The summed E-state index contributed by atoms with van der Waals surface area (Å²) in [6.45, 7) is 4.46. The molecule has 0 heterocycles. The summed E-state index contributed by atoms with van der Waals surface area (Å²) in [6, 6.07) is 8.13. The number of anilines is 1. The highest BCUT2D eigenvalue weighted by Crippen LogP contribution is 2.11. The van der Waals surface area contributed by atoms with Crippen molar-refractivity contribution in [3.05, 3.63) is 41.5 Å². The molecule has 0 saturated carbocycles. The first-order valence-electron chi connectivity index (χ1n) is 5.34. The summed E-state index contributed by atoms with van der Waals surface area (Å²) in [4.78, 5) is 10.4. The number of rotatable bonds is 5. The fraction of sp³-hybridized carbons (Fsp3) is 0.308. The average molecular weight is 219 g/mol. The number of hydrogen-bond donors (Lipinski definition) is 2. The van der Waals surface area contributed by atoms with E-state index in [2.05, 4.69) is 24.4 Å². The summed E-state index contributed by atoms with van der Waals surface area (Å²) in [7, 11) is 0. The van der Waals surface area contributed by atoms with Crippen LogP contribution in [-0.4, -0.2) is 17.6 Å². The number of hydrogen-bond acceptors (Lipinski definition) is 2. The second-order valence-corrected chi connectivity index (χ2v) is 3.74. The van der Waals surface area contributed by atoms with Gasteiger partial charge in [0.2, 0.25) is 0 Å². The molecule has 0 radical (unpaired) electrons. The maximum absolute atomic E-state index is 10.4. The number of nitrogens with one attached hydrogen (secondary N) is 1. The summed E-state index contributed by atoms with van der Waals surface area (Å²) in [6.07, 6.45) is 2.22. The third-order valence-corrected chi connectivity index (χ3v) is 2.28.